The molecule has 0 unspecified atom stereocenters. The third kappa shape index (κ3) is 4.69. The van der Waals surface area contributed by atoms with Crippen LogP contribution in [0.1, 0.15) is 18.4 Å². The predicted octanol–water partition coefficient (Wildman–Crippen LogP) is 1.63. The number of amides is 1. The highest BCUT2D eigenvalue weighted by molar-refractivity contribution is 7.88. The lowest BCUT2D eigenvalue weighted by Gasteiger charge is -2.30. The lowest BCUT2D eigenvalue weighted by molar-refractivity contribution is -0.126. The molecule has 0 radical (unpaired) electrons. The Labute approximate surface area is 130 Å². The van der Waals surface area contributed by atoms with Crippen molar-refractivity contribution in [2.24, 2.45) is 5.92 Å². The van der Waals surface area contributed by atoms with E-state index in [1.54, 1.807) is 12.1 Å². The van der Waals surface area contributed by atoms with Gasteiger partial charge in [-0.2, -0.15) is 0 Å². The van der Waals surface area contributed by atoms with Crippen LogP contribution in [0.4, 0.5) is 0 Å². The Kier molecular flexibility index (Phi) is 5.24. The van der Waals surface area contributed by atoms with Crippen LogP contribution in [-0.2, 0) is 21.4 Å². The number of piperidine rings is 1. The number of carbonyl (C=O) groups excluding carboxylic acids is 1. The van der Waals surface area contributed by atoms with Gasteiger partial charge in [-0.05, 0) is 30.5 Å². The van der Waals surface area contributed by atoms with Gasteiger partial charge in [-0.1, -0.05) is 23.7 Å². The third-order valence-electron chi connectivity index (χ3n) is 3.60. The largest absolute Gasteiger partial charge is 0.352 e. The van der Waals surface area contributed by atoms with Gasteiger partial charge in [-0.3, -0.25) is 4.79 Å². The van der Waals surface area contributed by atoms with Crippen LogP contribution in [0.15, 0.2) is 24.3 Å². The third-order valence-corrected chi connectivity index (χ3v) is 5.13. The van der Waals surface area contributed by atoms with Crippen molar-refractivity contribution in [3.8, 4) is 0 Å². The Hall–Kier alpha value is -1.11. The molecule has 1 aliphatic rings. The summed E-state index contributed by atoms with van der Waals surface area (Å²) in [5.41, 5.74) is 0.962. The number of benzene rings is 1. The molecule has 1 atom stereocenters. The van der Waals surface area contributed by atoms with Gasteiger partial charge in [0.05, 0.1) is 12.2 Å². The summed E-state index contributed by atoms with van der Waals surface area (Å²) >= 11 is 5.81. The molecule has 1 heterocycles. The molecule has 21 heavy (non-hydrogen) atoms. The smallest absolute Gasteiger partial charge is 0.224 e. The second-order valence-corrected chi connectivity index (χ2v) is 7.72. The van der Waals surface area contributed by atoms with E-state index in [9.17, 15) is 13.2 Å². The van der Waals surface area contributed by atoms with E-state index >= 15 is 0 Å². The van der Waals surface area contributed by atoms with Crippen molar-refractivity contribution in [2.75, 3.05) is 19.3 Å². The Bertz CT molecular complexity index is 601. The standard InChI is InChI=1S/C14H19ClN2O3S/c1-21(19,20)17-8-2-3-12(10-17)14(18)16-9-11-4-6-13(15)7-5-11/h4-7,12H,2-3,8-10H2,1H3,(H,16,18)/t12-/m1/s1. The van der Waals surface area contributed by atoms with E-state index in [1.165, 1.54) is 10.6 Å². The number of hydrogen-bond donors (Lipinski definition) is 1. The summed E-state index contributed by atoms with van der Waals surface area (Å²) < 4.78 is 24.5. The van der Waals surface area contributed by atoms with E-state index in [1.807, 2.05) is 12.1 Å². The van der Waals surface area contributed by atoms with Crippen molar-refractivity contribution in [1.29, 1.82) is 0 Å². The van der Waals surface area contributed by atoms with Gasteiger partial charge in [0, 0.05) is 24.7 Å². The van der Waals surface area contributed by atoms with Crippen LogP contribution >= 0.6 is 11.6 Å². The van der Waals surface area contributed by atoms with Gasteiger partial charge in [-0.15, -0.1) is 0 Å². The van der Waals surface area contributed by atoms with Gasteiger partial charge in [0.15, 0.2) is 0 Å². The molecule has 1 aromatic carbocycles. The Morgan fingerprint density at radius 3 is 2.67 bits per heavy atom. The molecule has 1 fully saturated rings. The van der Waals surface area contributed by atoms with E-state index in [0.29, 0.717) is 24.5 Å². The maximum atomic E-state index is 12.2. The zero-order valence-corrected chi connectivity index (χ0v) is 13.5. The molecule has 0 bridgehead atoms. The number of nitrogens with zero attached hydrogens (tertiary/aromatic N) is 1. The van der Waals surface area contributed by atoms with E-state index in [0.717, 1.165) is 12.0 Å². The number of nitrogens with one attached hydrogen (secondary N) is 1. The fourth-order valence-corrected chi connectivity index (χ4v) is 3.43. The molecule has 0 aromatic heterocycles. The van der Waals surface area contributed by atoms with Gasteiger partial charge >= 0.3 is 0 Å². The van der Waals surface area contributed by atoms with Crippen LogP contribution in [0.25, 0.3) is 0 Å². The summed E-state index contributed by atoms with van der Waals surface area (Å²) in [5.74, 6) is -0.376. The van der Waals surface area contributed by atoms with Crippen molar-refractivity contribution in [3.63, 3.8) is 0 Å². The van der Waals surface area contributed by atoms with E-state index in [-0.39, 0.29) is 18.4 Å². The molecule has 0 spiro atoms. The fraction of sp³-hybridized carbons (Fsp3) is 0.500. The maximum absolute atomic E-state index is 12.2. The van der Waals surface area contributed by atoms with Crippen molar-refractivity contribution in [3.05, 3.63) is 34.9 Å². The molecule has 1 aliphatic heterocycles. The van der Waals surface area contributed by atoms with Crippen LogP contribution in [0, 0.1) is 5.92 Å². The van der Waals surface area contributed by atoms with Gasteiger partial charge in [0.25, 0.3) is 0 Å². The molecule has 1 aromatic rings. The van der Waals surface area contributed by atoms with Crippen molar-refractivity contribution in [1.82, 2.24) is 9.62 Å². The van der Waals surface area contributed by atoms with Crippen molar-refractivity contribution < 1.29 is 13.2 Å². The van der Waals surface area contributed by atoms with Crippen LogP contribution in [-0.4, -0.2) is 38.0 Å². The predicted molar refractivity (Wildman–Crippen MR) is 82.4 cm³/mol. The zero-order chi connectivity index (χ0) is 15.5. The molecule has 7 heteroatoms. The molecule has 0 saturated carbocycles. The second-order valence-electron chi connectivity index (χ2n) is 5.30. The van der Waals surface area contributed by atoms with Crippen molar-refractivity contribution >= 4 is 27.5 Å². The summed E-state index contributed by atoms with van der Waals surface area (Å²) in [5, 5.41) is 3.51. The van der Waals surface area contributed by atoms with Crippen LogP contribution in [0.2, 0.25) is 5.02 Å². The first-order chi connectivity index (χ1) is 9.86. The van der Waals surface area contributed by atoms with Gasteiger partial charge in [-0.25, -0.2) is 12.7 Å². The topological polar surface area (TPSA) is 66.5 Å². The number of sulfonamides is 1. The van der Waals surface area contributed by atoms with Crippen molar-refractivity contribution in [2.45, 2.75) is 19.4 Å². The summed E-state index contributed by atoms with van der Waals surface area (Å²) in [4.78, 5) is 12.2. The van der Waals surface area contributed by atoms with Crippen LogP contribution in [0.5, 0.6) is 0 Å². The summed E-state index contributed by atoms with van der Waals surface area (Å²) in [6.45, 7) is 1.19. The second kappa shape index (κ2) is 6.77. The SMILES string of the molecule is CS(=O)(=O)N1CCC[C@@H](C(=O)NCc2ccc(Cl)cc2)C1. The average Bonchev–Trinajstić information content (AvgIpc) is 2.45. The normalized spacial score (nSPS) is 20.2. The minimum Gasteiger partial charge on any atom is -0.352 e. The summed E-state index contributed by atoms with van der Waals surface area (Å²) in [7, 11) is -3.23. The highest BCUT2D eigenvalue weighted by Gasteiger charge is 2.29. The highest BCUT2D eigenvalue weighted by atomic mass is 35.5. The van der Waals surface area contributed by atoms with Crippen LogP contribution in [0.3, 0.4) is 0 Å². The first-order valence-corrected chi connectivity index (χ1v) is 9.06. The van der Waals surface area contributed by atoms with Gasteiger partial charge < -0.3 is 5.32 Å². The quantitative estimate of drug-likeness (QED) is 0.912. The Morgan fingerprint density at radius 2 is 2.05 bits per heavy atom. The van der Waals surface area contributed by atoms with Gasteiger partial charge in [0.1, 0.15) is 0 Å². The molecule has 5 nitrogen and oxygen atoms in total. The lowest BCUT2D eigenvalue weighted by atomic mass is 9.99. The van der Waals surface area contributed by atoms with E-state index < -0.39 is 10.0 Å². The molecule has 1 saturated heterocycles. The molecular weight excluding hydrogens is 312 g/mol. The molecule has 1 N–H and O–H groups in total. The molecule has 2 rings (SSSR count). The minimum absolute atomic E-state index is 0.0988. The van der Waals surface area contributed by atoms with Gasteiger partial charge in [0.2, 0.25) is 15.9 Å². The average molecular weight is 331 g/mol. The first kappa shape index (κ1) is 16.3. The maximum Gasteiger partial charge on any atom is 0.224 e. The fourth-order valence-electron chi connectivity index (χ4n) is 2.39. The Balaban J connectivity index is 1.89. The summed E-state index contributed by atoms with van der Waals surface area (Å²) in [6, 6.07) is 7.25. The first-order valence-electron chi connectivity index (χ1n) is 6.83. The Morgan fingerprint density at radius 1 is 1.38 bits per heavy atom. The number of carbonyl (C=O) groups is 1. The van der Waals surface area contributed by atoms with E-state index in [2.05, 4.69) is 5.32 Å². The molecule has 116 valence electrons. The lowest BCUT2D eigenvalue weighted by Crippen LogP contribution is -2.44. The number of rotatable bonds is 4. The molecule has 0 aliphatic carbocycles. The molecule has 1 amide bonds. The zero-order valence-electron chi connectivity index (χ0n) is 11.9. The monoisotopic (exact) mass is 330 g/mol. The highest BCUT2D eigenvalue weighted by Crippen LogP contribution is 2.19. The number of halogens is 1. The van der Waals surface area contributed by atoms with Crippen LogP contribution < -0.4 is 5.32 Å². The number of hydrogen-bond acceptors (Lipinski definition) is 3. The van der Waals surface area contributed by atoms with E-state index in [4.69, 9.17) is 11.6 Å². The molecular formula is C14H19ClN2O3S. The summed E-state index contributed by atoms with van der Waals surface area (Å²) in [6.07, 6.45) is 2.62. The minimum atomic E-state index is -3.23.